The maximum atomic E-state index is 11.4. The lowest BCUT2D eigenvalue weighted by molar-refractivity contribution is 0.595. The average molecular weight is 460 g/mol. The molecule has 0 radical (unpaired) electrons. The fraction of sp³-hybridized carbons (Fsp3) is 0.500. The molecule has 1 unspecified atom stereocenters. The highest BCUT2D eigenvalue weighted by molar-refractivity contribution is 14.0. The standard InChI is InChI=1S/C14H22ClN3O2S.HI/c1-4-21(19,20)10-9-17-14(16-3)18-11(2)12-7-5-6-8-13(12)15;/h5-8,11H,4,9-10H2,1-3H3,(H2,16,17,18);1H. The van der Waals surface area contributed by atoms with Crippen LogP contribution in [0.25, 0.3) is 0 Å². The van der Waals surface area contributed by atoms with Gasteiger partial charge in [-0.05, 0) is 18.6 Å². The van der Waals surface area contributed by atoms with Crippen LogP contribution in [0.3, 0.4) is 0 Å². The van der Waals surface area contributed by atoms with Gasteiger partial charge >= 0.3 is 0 Å². The Morgan fingerprint density at radius 3 is 2.55 bits per heavy atom. The molecule has 8 heteroatoms. The van der Waals surface area contributed by atoms with Crippen LogP contribution in [0.1, 0.15) is 25.5 Å². The van der Waals surface area contributed by atoms with Gasteiger partial charge in [0.2, 0.25) is 0 Å². The Kier molecular flexibility index (Phi) is 10.0. The van der Waals surface area contributed by atoms with Gasteiger partial charge in [-0.25, -0.2) is 8.42 Å². The first-order valence-corrected chi connectivity index (χ1v) is 9.01. The third-order valence-corrected chi connectivity index (χ3v) is 5.14. The number of benzene rings is 1. The first-order chi connectivity index (χ1) is 9.89. The second-order valence-electron chi connectivity index (χ2n) is 4.62. The van der Waals surface area contributed by atoms with Gasteiger partial charge in [0.05, 0.1) is 11.8 Å². The molecular formula is C14H23ClIN3O2S. The first kappa shape index (κ1) is 21.5. The van der Waals surface area contributed by atoms with Gasteiger partial charge in [0, 0.05) is 24.4 Å². The summed E-state index contributed by atoms with van der Waals surface area (Å²) in [5.74, 6) is 0.787. The van der Waals surface area contributed by atoms with Crippen molar-refractivity contribution in [3.8, 4) is 0 Å². The van der Waals surface area contributed by atoms with Crippen LogP contribution in [-0.4, -0.2) is 39.5 Å². The molecule has 0 saturated carbocycles. The molecule has 126 valence electrons. The van der Waals surface area contributed by atoms with E-state index in [1.807, 2.05) is 31.2 Å². The van der Waals surface area contributed by atoms with Crippen LogP contribution >= 0.6 is 35.6 Å². The highest BCUT2D eigenvalue weighted by atomic mass is 127. The quantitative estimate of drug-likeness (QED) is 0.390. The molecule has 0 amide bonds. The topological polar surface area (TPSA) is 70.6 Å². The van der Waals surface area contributed by atoms with Crippen molar-refractivity contribution in [2.45, 2.75) is 19.9 Å². The monoisotopic (exact) mass is 459 g/mol. The van der Waals surface area contributed by atoms with Crippen molar-refractivity contribution in [3.05, 3.63) is 34.9 Å². The van der Waals surface area contributed by atoms with Crippen molar-refractivity contribution >= 4 is 51.4 Å². The van der Waals surface area contributed by atoms with Gasteiger partial charge < -0.3 is 10.6 Å². The van der Waals surface area contributed by atoms with Gasteiger partial charge in [-0.2, -0.15) is 0 Å². The van der Waals surface area contributed by atoms with Gasteiger partial charge in [0.25, 0.3) is 0 Å². The Balaban J connectivity index is 0.00000441. The molecule has 2 N–H and O–H groups in total. The van der Waals surface area contributed by atoms with Gasteiger partial charge in [-0.1, -0.05) is 36.7 Å². The zero-order valence-electron chi connectivity index (χ0n) is 13.0. The molecule has 0 aromatic heterocycles. The highest BCUT2D eigenvalue weighted by Crippen LogP contribution is 2.21. The first-order valence-electron chi connectivity index (χ1n) is 6.81. The number of halogens is 2. The number of hydrogen-bond donors (Lipinski definition) is 2. The summed E-state index contributed by atoms with van der Waals surface area (Å²) in [4.78, 5) is 4.09. The SMILES string of the molecule is CCS(=O)(=O)CCNC(=NC)NC(C)c1ccccc1Cl.I. The number of nitrogens with one attached hydrogen (secondary N) is 2. The van der Waals surface area contributed by atoms with Crippen molar-refractivity contribution < 1.29 is 8.42 Å². The van der Waals surface area contributed by atoms with Crippen LogP contribution in [0.4, 0.5) is 0 Å². The summed E-state index contributed by atoms with van der Waals surface area (Å²) in [5.41, 5.74) is 0.961. The van der Waals surface area contributed by atoms with Crippen molar-refractivity contribution in [2.75, 3.05) is 25.1 Å². The number of rotatable bonds is 6. The molecule has 1 aromatic carbocycles. The largest absolute Gasteiger partial charge is 0.355 e. The van der Waals surface area contributed by atoms with Crippen LogP contribution in [0.15, 0.2) is 29.3 Å². The molecular weight excluding hydrogens is 437 g/mol. The summed E-state index contributed by atoms with van der Waals surface area (Å²) in [7, 11) is -1.34. The van der Waals surface area contributed by atoms with E-state index in [4.69, 9.17) is 11.6 Å². The average Bonchev–Trinajstić information content (AvgIpc) is 2.46. The summed E-state index contributed by atoms with van der Waals surface area (Å²) in [6, 6.07) is 7.53. The van der Waals surface area contributed by atoms with E-state index in [1.54, 1.807) is 14.0 Å². The van der Waals surface area contributed by atoms with E-state index in [9.17, 15) is 8.42 Å². The van der Waals surface area contributed by atoms with Gasteiger partial charge in [0.15, 0.2) is 15.8 Å². The number of hydrogen-bond acceptors (Lipinski definition) is 3. The molecule has 0 aliphatic heterocycles. The molecule has 1 aromatic rings. The third kappa shape index (κ3) is 7.15. The molecule has 0 aliphatic carbocycles. The minimum Gasteiger partial charge on any atom is -0.355 e. The van der Waals surface area contributed by atoms with E-state index < -0.39 is 9.84 Å². The molecule has 22 heavy (non-hydrogen) atoms. The second kappa shape index (κ2) is 10.3. The van der Waals surface area contributed by atoms with E-state index >= 15 is 0 Å². The van der Waals surface area contributed by atoms with Crippen molar-refractivity contribution in [1.29, 1.82) is 0 Å². The maximum Gasteiger partial charge on any atom is 0.191 e. The summed E-state index contributed by atoms with van der Waals surface area (Å²) in [5, 5.41) is 6.87. The summed E-state index contributed by atoms with van der Waals surface area (Å²) < 4.78 is 22.9. The summed E-state index contributed by atoms with van der Waals surface area (Å²) >= 11 is 6.15. The summed E-state index contributed by atoms with van der Waals surface area (Å²) in [6.45, 7) is 3.93. The predicted molar refractivity (Wildman–Crippen MR) is 104 cm³/mol. The molecule has 0 aliphatic rings. The molecule has 0 spiro atoms. The van der Waals surface area contributed by atoms with Gasteiger partial charge in [0.1, 0.15) is 0 Å². The van der Waals surface area contributed by atoms with Gasteiger partial charge in [-0.15, -0.1) is 24.0 Å². The van der Waals surface area contributed by atoms with Crippen LogP contribution in [0, 0.1) is 0 Å². The van der Waals surface area contributed by atoms with Gasteiger partial charge in [-0.3, -0.25) is 4.99 Å². The van der Waals surface area contributed by atoms with E-state index in [1.165, 1.54) is 0 Å². The lowest BCUT2D eigenvalue weighted by Crippen LogP contribution is -2.40. The highest BCUT2D eigenvalue weighted by Gasteiger charge is 2.12. The number of guanidine groups is 1. The minimum absolute atomic E-state index is 0. The van der Waals surface area contributed by atoms with E-state index in [2.05, 4.69) is 15.6 Å². The second-order valence-corrected chi connectivity index (χ2v) is 7.50. The van der Waals surface area contributed by atoms with E-state index in [0.29, 0.717) is 17.5 Å². The zero-order valence-corrected chi connectivity index (χ0v) is 16.9. The van der Waals surface area contributed by atoms with Crippen molar-refractivity contribution in [2.24, 2.45) is 4.99 Å². The molecule has 1 rings (SSSR count). The number of nitrogens with zero attached hydrogens (tertiary/aromatic N) is 1. The Bertz CT molecular complexity index is 594. The summed E-state index contributed by atoms with van der Waals surface area (Å²) in [6.07, 6.45) is 0. The Labute approximate surface area is 154 Å². The number of sulfone groups is 1. The maximum absolute atomic E-state index is 11.4. The van der Waals surface area contributed by atoms with Crippen LogP contribution < -0.4 is 10.6 Å². The Morgan fingerprint density at radius 1 is 1.36 bits per heavy atom. The Morgan fingerprint density at radius 2 is 2.00 bits per heavy atom. The molecule has 0 bridgehead atoms. The van der Waals surface area contributed by atoms with Crippen molar-refractivity contribution in [1.82, 2.24) is 10.6 Å². The van der Waals surface area contributed by atoms with E-state index in [0.717, 1.165) is 5.56 Å². The third-order valence-electron chi connectivity index (χ3n) is 3.09. The minimum atomic E-state index is -2.98. The molecule has 1 atom stereocenters. The zero-order chi connectivity index (χ0) is 15.9. The smallest absolute Gasteiger partial charge is 0.191 e. The lowest BCUT2D eigenvalue weighted by Gasteiger charge is -2.19. The predicted octanol–water partition coefficient (Wildman–Crippen LogP) is 2.62. The van der Waals surface area contributed by atoms with Crippen LogP contribution in [0.5, 0.6) is 0 Å². The fourth-order valence-electron chi connectivity index (χ4n) is 1.77. The number of aliphatic imine (C=N–C) groups is 1. The van der Waals surface area contributed by atoms with Crippen LogP contribution in [-0.2, 0) is 9.84 Å². The normalized spacial score (nSPS) is 13.2. The Hall–Kier alpha value is -0.540. The van der Waals surface area contributed by atoms with Crippen LogP contribution in [0.2, 0.25) is 5.02 Å². The van der Waals surface area contributed by atoms with E-state index in [-0.39, 0.29) is 41.5 Å². The molecule has 5 nitrogen and oxygen atoms in total. The molecule has 0 fully saturated rings. The molecule has 0 heterocycles. The van der Waals surface area contributed by atoms with Crippen molar-refractivity contribution in [3.63, 3.8) is 0 Å². The molecule has 0 saturated heterocycles. The fourth-order valence-corrected chi connectivity index (χ4v) is 2.77. The lowest BCUT2D eigenvalue weighted by atomic mass is 10.1.